The first-order valence-electron chi connectivity index (χ1n) is 4.67. The monoisotopic (exact) mass is 248 g/mol. The molecule has 0 saturated carbocycles. The minimum Gasteiger partial charge on any atom is -0.308 e. The van der Waals surface area contributed by atoms with E-state index in [-0.39, 0.29) is 0 Å². The molecule has 0 bridgehead atoms. The van der Waals surface area contributed by atoms with Crippen molar-refractivity contribution in [1.29, 1.82) is 0 Å². The zero-order valence-electron chi connectivity index (χ0n) is 8.00. The summed E-state index contributed by atoms with van der Waals surface area (Å²) in [4.78, 5) is 5.24. The van der Waals surface area contributed by atoms with Crippen LogP contribution in [0.3, 0.4) is 0 Å². The van der Waals surface area contributed by atoms with Crippen LogP contribution in [0.1, 0.15) is 11.8 Å². The van der Waals surface area contributed by atoms with Crippen LogP contribution in [0, 0.1) is 5.92 Å². The van der Waals surface area contributed by atoms with Crippen LogP contribution < -0.4 is 5.32 Å². The quantitative estimate of drug-likeness (QED) is 0.890. The molecule has 2 heterocycles. The molecule has 1 aliphatic heterocycles. The van der Waals surface area contributed by atoms with Crippen LogP contribution in [-0.4, -0.2) is 22.5 Å². The van der Waals surface area contributed by atoms with Gasteiger partial charge in [0.1, 0.15) is 0 Å². The average molecular weight is 249 g/mol. The van der Waals surface area contributed by atoms with E-state index >= 15 is 0 Å². The Morgan fingerprint density at radius 2 is 2.50 bits per heavy atom. The minimum atomic E-state index is 0.635. The highest BCUT2D eigenvalue weighted by atomic mass is 35.5. The van der Waals surface area contributed by atoms with E-state index in [1.807, 2.05) is 18.0 Å². The van der Waals surface area contributed by atoms with Gasteiger partial charge in [0.05, 0.1) is 0 Å². The third-order valence-corrected chi connectivity index (χ3v) is 4.90. The average Bonchev–Trinajstić information content (AvgIpc) is 2.72. The Bertz CT molecular complexity index is 303. The maximum Gasteiger partial charge on any atom is 0.183 e. The molecule has 0 radical (unpaired) electrons. The first-order chi connectivity index (χ1) is 6.75. The molecular formula is C9H13ClN2S2. The lowest BCUT2D eigenvalue weighted by molar-refractivity contribution is 0.455. The van der Waals surface area contributed by atoms with E-state index in [2.05, 4.69) is 17.2 Å². The molecule has 2 rings (SSSR count). The maximum absolute atomic E-state index is 5.76. The summed E-state index contributed by atoms with van der Waals surface area (Å²) in [7, 11) is 0. The van der Waals surface area contributed by atoms with Crippen LogP contribution in [-0.2, 0) is 6.54 Å². The highest BCUT2D eigenvalue weighted by molar-refractivity contribution is 7.99. The second-order valence-electron chi connectivity index (χ2n) is 3.58. The molecule has 2 unspecified atom stereocenters. The number of nitrogens with one attached hydrogen (secondary N) is 1. The van der Waals surface area contributed by atoms with Gasteiger partial charge in [0, 0.05) is 29.4 Å². The maximum atomic E-state index is 5.76. The zero-order chi connectivity index (χ0) is 9.97. The summed E-state index contributed by atoms with van der Waals surface area (Å²) in [6.07, 6.45) is 1.85. The molecule has 1 saturated heterocycles. The highest BCUT2D eigenvalue weighted by Crippen LogP contribution is 2.24. The molecule has 5 heteroatoms. The molecule has 1 fully saturated rings. The molecule has 1 aromatic rings. The molecule has 1 aromatic heterocycles. The second-order valence-corrected chi connectivity index (χ2v) is 6.35. The molecule has 0 spiro atoms. The summed E-state index contributed by atoms with van der Waals surface area (Å²) in [5.41, 5.74) is 0. The molecule has 0 aliphatic carbocycles. The number of thiazole rings is 1. The van der Waals surface area contributed by atoms with Crippen molar-refractivity contribution in [3.8, 4) is 0 Å². The van der Waals surface area contributed by atoms with Crippen LogP contribution in [0.25, 0.3) is 0 Å². The van der Waals surface area contributed by atoms with E-state index in [1.165, 1.54) is 16.4 Å². The summed E-state index contributed by atoms with van der Waals surface area (Å²) < 4.78 is 0.635. The number of aromatic nitrogens is 1. The molecule has 2 atom stereocenters. The molecule has 0 amide bonds. The fourth-order valence-corrected chi connectivity index (χ4v) is 3.89. The molecular weight excluding hydrogens is 236 g/mol. The second kappa shape index (κ2) is 4.84. The molecule has 14 heavy (non-hydrogen) atoms. The van der Waals surface area contributed by atoms with Gasteiger partial charge in [0.15, 0.2) is 4.47 Å². The van der Waals surface area contributed by atoms with Gasteiger partial charge in [-0.25, -0.2) is 4.98 Å². The van der Waals surface area contributed by atoms with Gasteiger partial charge in [-0.3, -0.25) is 0 Å². The standard InChI is InChI=1S/C9H13ClN2S2/c1-6-4-13-5-8(6)11-2-7-3-12-9(10)14-7/h3,6,8,11H,2,4-5H2,1H3. The summed E-state index contributed by atoms with van der Waals surface area (Å²) in [5, 5.41) is 3.55. The molecule has 1 aliphatic rings. The topological polar surface area (TPSA) is 24.9 Å². The normalized spacial score (nSPS) is 27.0. The van der Waals surface area contributed by atoms with E-state index in [0.717, 1.165) is 12.5 Å². The van der Waals surface area contributed by atoms with Crippen molar-refractivity contribution >= 4 is 34.7 Å². The van der Waals surface area contributed by atoms with Crippen LogP contribution in [0.4, 0.5) is 0 Å². The lowest BCUT2D eigenvalue weighted by atomic mass is 10.1. The first-order valence-corrected chi connectivity index (χ1v) is 7.02. The molecule has 78 valence electrons. The molecule has 0 aromatic carbocycles. The SMILES string of the molecule is CC1CSCC1NCc1cnc(Cl)s1. The minimum absolute atomic E-state index is 0.635. The number of thioether (sulfide) groups is 1. The van der Waals surface area contributed by atoms with Crippen LogP contribution >= 0.6 is 34.7 Å². The summed E-state index contributed by atoms with van der Waals surface area (Å²) >= 11 is 9.35. The van der Waals surface area contributed by atoms with Crippen LogP contribution in [0.15, 0.2) is 6.20 Å². The Labute approximate surface area is 97.5 Å². The predicted molar refractivity (Wildman–Crippen MR) is 64.2 cm³/mol. The van der Waals surface area contributed by atoms with Crippen molar-refractivity contribution in [2.75, 3.05) is 11.5 Å². The number of hydrogen-bond acceptors (Lipinski definition) is 4. The van der Waals surface area contributed by atoms with Crippen molar-refractivity contribution < 1.29 is 0 Å². The number of nitrogens with zero attached hydrogens (tertiary/aromatic N) is 1. The first kappa shape index (κ1) is 10.7. The predicted octanol–water partition coefficient (Wildman–Crippen LogP) is 2.64. The fraction of sp³-hybridized carbons (Fsp3) is 0.667. The number of hydrogen-bond donors (Lipinski definition) is 1. The van der Waals surface area contributed by atoms with E-state index in [9.17, 15) is 0 Å². The lowest BCUT2D eigenvalue weighted by Gasteiger charge is -2.15. The van der Waals surface area contributed by atoms with Gasteiger partial charge in [-0.05, 0) is 11.7 Å². The van der Waals surface area contributed by atoms with E-state index < -0.39 is 0 Å². The van der Waals surface area contributed by atoms with Gasteiger partial charge in [-0.2, -0.15) is 11.8 Å². The van der Waals surface area contributed by atoms with Crippen molar-refractivity contribution in [2.45, 2.75) is 19.5 Å². The van der Waals surface area contributed by atoms with E-state index in [1.54, 1.807) is 11.3 Å². The smallest absolute Gasteiger partial charge is 0.183 e. The van der Waals surface area contributed by atoms with Crippen LogP contribution in [0.2, 0.25) is 4.47 Å². The zero-order valence-corrected chi connectivity index (χ0v) is 10.4. The van der Waals surface area contributed by atoms with Gasteiger partial charge in [0.25, 0.3) is 0 Å². The third-order valence-electron chi connectivity index (χ3n) is 2.43. The Morgan fingerprint density at radius 3 is 3.07 bits per heavy atom. The van der Waals surface area contributed by atoms with Gasteiger partial charge in [-0.1, -0.05) is 18.5 Å². The number of rotatable bonds is 3. The Balaban J connectivity index is 1.82. The third kappa shape index (κ3) is 2.63. The van der Waals surface area contributed by atoms with Crippen molar-refractivity contribution in [1.82, 2.24) is 10.3 Å². The van der Waals surface area contributed by atoms with Crippen LogP contribution in [0.5, 0.6) is 0 Å². The Morgan fingerprint density at radius 1 is 1.64 bits per heavy atom. The largest absolute Gasteiger partial charge is 0.308 e. The Hall–Kier alpha value is 0.230. The van der Waals surface area contributed by atoms with Crippen molar-refractivity contribution in [2.24, 2.45) is 5.92 Å². The lowest BCUT2D eigenvalue weighted by Crippen LogP contribution is -2.33. The Kier molecular flexibility index (Phi) is 3.71. The van der Waals surface area contributed by atoms with E-state index in [0.29, 0.717) is 10.5 Å². The summed E-state index contributed by atoms with van der Waals surface area (Å²) in [6.45, 7) is 3.21. The van der Waals surface area contributed by atoms with Crippen molar-refractivity contribution in [3.05, 3.63) is 15.5 Å². The summed E-state index contributed by atoms with van der Waals surface area (Å²) in [6, 6.07) is 0.654. The van der Waals surface area contributed by atoms with Gasteiger partial charge in [0.2, 0.25) is 0 Å². The van der Waals surface area contributed by atoms with Gasteiger partial charge >= 0.3 is 0 Å². The fourth-order valence-electron chi connectivity index (χ4n) is 1.52. The highest BCUT2D eigenvalue weighted by Gasteiger charge is 2.23. The molecule has 1 N–H and O–H groups in total. The van der Waals surface area contributed by atoms with Gasteiger partial charge in [-0.15, -0.1) is 11.3 Å². The summed E-state index contributed by atoms with van der Waals surface area (Å²) in [5.74, 6) is 3.29. The van der Waals surface area contributed by atoms with E-state index in [4.69, 9.17) is 11.6 Å². The van der Waals surface area contributed by atoms with Gasteiger partial charge < -0.3 is 5.32 Å². The molecule has 2 nitrogen and oxygen atoms in total. The number of halogens is 1. The van der Waals surface area contributed by atoms with Crippen molar-refractivity contribution in [3.63, 3.8) is 0 Å².